The molecule has 0 radical (unpaired) electrons. The third kappa shape index (κ3) is 4.48. The van der Waals surface area contributed by atoms with Gasteiger partial charge in [-0.05, 0) is 51.1 Å². The summed E-state index contributed by atoms with van der Waals surface area (Å²) in [6, 6.07) is 8.97. The number of aromatic nitrogens is 1. The van der Waals surface area contributed by atoms with Gasteiger partial charge in [0, 0.05) is 23.6 Å². The fourth-order valence-corrected chi connectivity index (χ4v) is 1.94. The molecular formula is C17H21N3O2. The first-order valence-electron chi connectivity index (χ1n) is 7.06. The quantitative estimate of drug-likeness (QED) is 0.906. The van der Waals surface area contributed by atoms with Crippen molar-refractivity contribution < 1.29 is 9.53 Å². The summed E-state index contributed by atoms with van der Waals surface area (Å²) in [6.45, 7) is 6.16. The normalized spacial score (nSPS) is 10.9. The lowest BCUT2D eigenvalue weighted by atomic mass is 10.1. The molecule has 0 aliphatic carbocycles. The number of rotatable bonds is 4. The van der Waals surface area contributed by atoms with E-state index in [9.17, 15) is 4.79 Å². The SMILES string of the molecule is COc1ccc(NC(=O)c2cncc(NC(C)(C)C)c2)cc1. The Kier molecular flexibility index (Phi) is 4.65. The lowest BCUT2D eigenvalue weighted by molar-refractivity contribution is 0.102. The van der Waals surface area contributed by atoms with Gasteiger partial charge in [0.1, 0.15) is 5.75 Å². The number of anilines is 2. The summed E-state index contributed by atoms with van der Waals surface area (Å²) in [5.41, 5.74) is 1.94. The summed E-state index contributed by atoms with van der Waals surface area (Å²) < 4.78 is 5.09. The maximum Gasteiger partial charge on any atom is 0.257 e. The number of hydrogen-bond donors (Lipinski definition) is 2. The number of hydrogen-bond acceptors (Lipinski definition) is 4. The minimum Gasteiger partial charge on any atom is -0.497 e. The van der Waals surface area contributed by atoms with Crippen LogP contribution in [0.4, 0.5) is 11.4 Å². The van der Waals surface area contributed by atoms with Crippen molar-refractivity contribution in [2.75, 3.05) is 17.7 Å². The van der Waals surface area contributed by atoms with Gasteiger partial charge in [-0.1, -0.05) is 0 Å². The molecule has 0 bridgehead atoms. The Hall–Kier alpha value is -2.56. The summed E-state index contributed by atoms with van der Waals surface area (Å²) in [5, 5.41) is 6.13. The number of methoxy groups -OCH3 is 1. The van der Waals surface area contributed by atoms with Crippen LogP contribution in [0.25, 0.3) is 0 Å². The van der Waals surface area contributed by atoms with E-state index in [1.165, 1.54) is 0 Å². The van der Waals surface area contributed by atoms with E-state index in [1.54, 1.807) is 49.8 Å². The Labute approximate surface area is 130 Å². The lowest BCUT2D eigenvalue weighted by Crippen LogP contribution is -2.26. The molecule has 2 N–H and O–H groups in total. The first-order chi connectivity index (χ1) is 10.4. The van der Waals surface area contributed by atoms with Crippen LogP contribution in [-0.4, -0.2) is 23.5 Å². The Morgan fingerprint density at radius 1 is 1.09 bits per heavy atom. The van der Waals surface area contributed by atoms with E-state index in [2.05, 4.69) is 36.4 Å². The predicted molar refractivity (Wildman–Crippen MR) is 88.6 cm³/mol. The molecule has 0 saturated heterocycles. The molecule has 1 aromatic carbocycles. The van der Waals surface area contributed by atoms with Gasteiger partial charge in [-0.25, -0.2) is 0 Å². The molecule has 0 unspecified atom stereocenters. The van der Waals surface area contributed by atoms with Gasteiger partial charge in [0.25, 0.3) is 5.91 Å². The number of nitrogens with zero attached hydrogens (tertiary/aromatic N) is 1. The maximum atomic E-state index is 12.3. The molecule has 0 fully saturated rings. The van der Waals surface area contributed by atoms with Gasteiger partial charge in [0.15, 0.2) is 0 Å². The highest BCUT2D eigenvalue weighted by Crippen LogP contribution is 2.18. The summed E-state index contributed by atoms with van der Waals surface area (Å²) in [7, 11) is 1.60. The Balaban J connectivity index is 2.10. The average Bonchev–Trinajstić information content (AvgIpc) is 2.46. The van der Waals surface area contributed by atoms with Gasteiger partial charge < -0.3 is 15.4 Å². The van der Waals surface area contributed by atoms with E-state index in [0.717, 1.165) is 11.4 Å². The first-order valence-corrected chi connectivity index (χ1v) is 7.06. The fourth-order valence-electron chi connectivity index (χ4n) is 1.94. The van der Waals surface area contributed by atoms with E-state index >= 15 is 0 Å². The van der Waals surface area contributed by atoms with Crippen molar-refractivity contribution in [3.8, 4) is 5.75 Å². The Morgan fingerprint density at radius 2 is 1.77 bits per heavy atom. The molecule has 5 nitrogen and oxygen atoms in total. The summed E-state index contributed by atoms with van der Waals surface area (Å²) in [5.74, 6) is 0.547. The van der Waals surface area contributed by atoms with E-state index < -0.39 is 0 Å². The first kappa shape index (κ1) is 15.8. The second-order valence-corrected chi connectivity index (χ2v) is 6.02. The number of pyridine rings is 1. The second-order valence-electron chi connectivity index (χ2n) is 6.02. The van der Waals surface area contributed by atoms with Crippen LogP contribution >= 0.6 is 0 Å². The average molecular weight is 299 g/mol. The van der Waals surface area contributed by atoms with Crippen molar-refractivity contribution in [2.45, 2.75) is 26.3 Å². The van der Waals surface area contributed by atoms with Crippen LogP contribution in [0.2, 0.25) is 0 Å². The zero-order valence-electron chi connectivity index (χ0n) is 13.3. The largest absolute Gasteiger partial charge is 0.497 e. The zero-order valence-corrected chi connectivity index (χ0v) is 13.3. The van der Waals surface area contributed by atoms with Crippen molar-refractivity contribution in [2.24, 2.45) is 0 Å². The molecule has 0 atom stereocenters. The van der Waals surface area contributed by atoms with Crippen LogP contribution in [0.15, 0.2) is 42.7 Å². The molecule has 0 spiro atoms. The van der Waals surface area contributed by atoms with Gasteiger partial charge >= 0.3 is 0 Å². The monoisotopic (exact) mass is 299 g/mol. The highest BCUT2D eigenvalue weighted by Gasteiger charge is 2.12. The van der Waals surface area contributed by atoms with Crippen LogP contribution < -0.4 is 15.4 Å². The van der Waals surface area contributed by atoms with Gasteiger partial charge in [-0.3, -0.25) is 9.78 Å². The summed E-state index contributed by atoms with van der Waals surface area (Å²) in [6.07, 6.45) is 3.25. The van der Waals surface area contributed by atoms with Crippen molar-refractivity contribution in [3.63, 3.8) is 0 Å². The molecular weight excluding hydrogens is 278 g/mol. The van der Waals surface area contributed by atoms with Crippen LogP contribution in [0.5, 0.6) is 5.75 Å². The van der Waals surface area contributed by atoms with E-state index in [-0.39, 0.29) is 11.4 Å². The Bertz CT molecular complexity index is 646. The minimum atomic E-state index is -0.199. The molecule has 0 aliphatic rings. The number of carbonyl (C=O) groups is 1. The predicted octanol–water partition coefficient (Wildman–Crippen LogP) is 3.55. The van der Waals surface area contributed by atoms with Crippen LogP contribution in [0, 0.1) is 0 Å². The van der Waals surface area contributed by atoms with Crippen LogP contribution in [-0.2, 0) is 0 Å². The van der Waals surface area contributed by atoms with Crippen molar-refractivity contribution in [1.29, 1.82) is 0 Å². The fraction of sp³-hybridized carbons (Fsp3) is 0.294. The molecule has 0 aliphatic heterocycles. The molecule has 1 heterocycles. The molecule has 0 saturated carbocycles. The molecule has 1 aromatic heterocycles. The molecule has 22 heavy (non-hydrogen) atoms. The molecule has 116 valence electrons. The minimum absolute atomic E-state index is 0.0905. The van der Waals surface area contributed by atoms with Crippen molar-refractivity contribution >= 4 is 17.3 Å². The molecule has 2 rings (SSSR count). The van der Waals surface area contributed by atoms with Gasteiger partial charge in [0.2, 0.25) is 0 Å². The zero-order chi connectivity index (χ0) is 16.2. The van der Waals surface area contributed by atoms with E-state index in [1.807, 2.05) is 0 Å². The highest BCUT2D eigenvalue weighted by atomic mass is 16.5. The van der Waals surface area contributed by atoms with Crippen LogP contribution in [0.1, 0.15) is 31.1 Å². The standard InChI is InChI=1S/C17H21N3O2/c1-17(2,3)20-14-9-12(10-18-11-14)16(21)19-13-5-7-15(22-4)8-6-13/h5-11,20H,1-4H3,(H,19,21). The highest BCUT2D eigenvalue weighted by molar-refractivity contribution is 6.04. The third-order valence-corrected chi connectivity index (χ3v) is 2.87. The third-order valence-electron chi connectivity index (χ3n) is 2.87. The number of nitrogens with one attached hydrogen (secondary N) is 2. The number of benzene rings is 1. The van der Waals surface area contributed by atoms with Crippen molar-refractivity contribution in [1.82, 2.24) is 4.98 Å². The lowest BCUT2D eigenvalue weighted by Gasteiger charge is -2.22. The summed E-state index contributed by atoms with van der Waals surface area (Å²) in [4.78, 5) is 16.4. The number of amides is 1. The number of carbonyl (C=O) groups excluding carboxylic acids is 1. The topological polar surface area (TPSA) is 63.2 Å². The smallest absolute Gasteiger partial charge is 0.257 e. The van der Waals surface area contributed by atoms with Crippen molar-refractivity contribution in [3.05, 3.63) is 48.3 Å². The van der Waals surface area contributed by atoms with E-state index in [4.69, 9.17) is 4.74 Å². The molecule has 2 aromatic rings. The van der Waals surface area contributed by atoms with Crippen LogP contribution in [0.3, 0.4) is 0 Å². The van der Waals surface area contributed by atoms with Gasteiger partial charge in [-0.15, -0.1) is 0 Å². The van der Waals surface area contributed by atoms with E-state index in [0.29, 0.717) is 11.3 Å². The summed E-state index contributed by atoms with van der Waals surface area (Å²) >= 11 is 0. The number of ether oxygens (including phenoxy) is 1. The van der Waals surface area contributed by atoms with Gasteiger partial charge in [0.05, 0.1) is 18.4 Å². The Morgan fingerprint density at radius 3 is 2.36 bits per heavy atom. The maximum absolute atomic E-state index is 12.3. The molecule has 1 amide bonds. The second kappa shape index (κ2) is 6.47. The molecule has 5 heteroatoms. The van der Waals surface area contributed by atoms with Gasteiger partial charge in [-0.2, -0.15) is 0 Å².